The van der Waals surface area contributed by atoms with Crippen molar-refractivity contribution in [1.29, 1.82) is 0 Å². The molecule has 3 heteroatoms. The molecule has 0 aliphatic heterocycles. The maximum Gasteiger partial charge on any atom is 0.339 e. The summed E-state index contributed by atoms with van der Waals surface area (Å²) in [6.45, 7) is 8.92. The van der Waals surface area contributed by atoms with Crippen LogP contribution in [0.4, 0.5) is 0 Å². The Balaban J connectivity index is 2.41. The summed E-state index contributed by atoms with van der Waals surface area (Å²) in [4.78, 5) is 16.9. The Kier molecular flexibility index (Phi) is 4.46. The van der Waals surface area contributed by atoms with Gasteiger partial charge in [0.25, 0.3) is 0 Å². The summed E-state index contributed by atoms with van der Waals surface area (Å²) in [5, 5.41) is 0. The van der Waals surface area contributed by atoms with Crippen LogP contribution in [0, 0.1) is 5.41 Å². The minimum Gasteiger partial charge on any atom is -0.462 e. The fourth-order valence-corrected chi connectivity index (χ4v) is 2.88. The molecule has 3 nitrogen and oxygen atoms in total. The second-order valence-corrected chi connectivity index (χ2v) is 6.40. The number of fused-ring (bicyclic) bond motifs is 1. The molecule has 20 heavy (non-hydrogen) atoms. The molecule has 1 aromatic rings. The zero-order chi connectivity index (χ0) is 14.8. The van der Waals surface area contributed by atoms with Crippen LogP contribution in [0.5, 0.6) is 0 Å². The van der Waals surface area contributed by atoms with Crippen LogP contribution in [0.3, 0.4) is 0 Å². The highest BCUT2D eigenvalue weighted by Gasteiger charge is 2.28. The first-order valence-corrected chi connectivity index (χ1v) is 7.65. The molecule has 0 saturated heterocycles. The summed E-state index contributed by atoms with van der Waals surface area (Å²) in [6.07, 6.45) is 5.00. The molecule has 0 bridgehead atoms. The summed E-state index contributed by atoms with van der Waals surface area (Å²) in [6, 6.07) is 2.03. The standard InChI is InChI=1S/C17H25NO2/c1-5-7-15-13(16(19)20-6-2)10-12-11-17(3,4)9-8-14(12)18-15/h10H,5-9,11H2,1-4H3. The van der Waals surface area contributed by atoms with Gasteiger partial charge in [0.1, 0.15) is 0 Å². The molecular formula is C17H25NO2. The van der Waals surface area contributed by atoms with E-state index < -0.39 is 0 Å². The lowest BCUT2D eigenvalue weighted by Gasteiger charge is -2.31. The molecule has 0 fully saturated rings. The van der Waals surface area contributed by atoms with E-state index in [0.29, 0.717) is 17.6 Å². The van der Waals surface area contributed by atoms with E-state index in [4.69, 9.17) is 9.72 Å². The van der Waals surface area contributed by atoms with Gasteiger partial charge in [-0.3, -0.25) is 4.98 Å². The van der Waals surface area contributed by atoms with E-state index in [9.17, 15) is 4.79 Å². The van der Waals surface area contributed by atoms with Crippen LogP contribution in [-0.2, 0) is 24.0 Å². The molecule has 0 unspecified atom stereocenters. The summed E-state index contributed by atoms with van der Waals surface area (Å²) in [5.74, 6) is -0.227. The van der Waals surface area contributed by atoms with Crippen LogP contribution in [0.15, 0.2) is 6.07 Å². The van der Waals surface area contributed by atoms with Crippen molar-refractivity contribution in [3.05, 3.63) is 28.6 Å². The number of ether oxygens (including phenoxy) is 1. The number of esters is 1. The highest BCUT2D eigenvalue weighted by atomic mass is 16.5. The normalized spacial score (nSPS) is 16.6. The first-order valence-electron chi connectivity index (χ1n) is 7.65. The molecular weight excluding hydrogens is 250 g/mol. The Morgan fingerprint density at radius 2 is 2.15 bits per heavy atom. The van der Waals surface area contributed by atoms with Gasteiger partial charge in [0.2, 0.25) is 0 Å². The molecule has 0 N–H and O–H groups in total. The third-order valence-corrected chi connectivity index (χ3v) is 3.96. The second kappa shape index (κ2) is 5.94. The van der Waals surface area contributed by atoms with Crippen molar-refractivity contribution in [3.63, 3.8) is 0 Å². The third-order valence-electron chi connectivity index (χ3n) is 3.96. The number of aryl methyl sites for hydroxylation is 2. The van der Waals surface area contributed by atoms with Gasteiger partial charge in [0, 0.05) is 5.69 Å². The molecule has 1 aromatic heterocycles. The van der Waals surface area contributed by atoms with Gasteiger partial charge < -0.3 is 4.74 Å². The summed E-state index contributed by atoms with van der Waals surface area (Å²) >= 11 is 0. The molecule has 0 atom stereocenters. The number of carbonyl (C=O) groups excluding carboxylic acids is 1. The van der Waals surface area contributed by atoms with E-state index >= 15 is 0 Å². The molecule has 0 spiro atoms. The topological polar surface area (TPSA) is 39.2 Å². The fraction of sp³-hybridized carbons (Fsp3) is 0.647. The Hall–Kier alpha value is -1.38. The predicted octanol–water partition coefficient (Wildman–Crippen LogP) is 3.73. The monoisotopic (exact) mass is 275 g/mol. The lowest BCUT2D eigenvalue weighted by atomic mass is 9.75. The summed E-state index contributed by atoms with van der Waals surface area (Å²) in [7, 11) is 0. The van der Waals surface area contributed by atoms with E-state index in [0.717, 1.165) is 37.8 Å². The molecule has 1 heterocycles. The van der Waals surface area contributed by atoms with Crippen molar-refractivity contribution in [2.75, 3.05) is 6.61 Å². The van der Waals surface area contributed by atoms with E-state index in [1.54, 1.807) is 0 Å². The molecule has 2 rings (SSSR count). The highest BCUT2D eigenvalue weighted by Crippen LogP contribution is 2.34. The van der Waals surface area contributed by atoms with Gasteiger partial charge in [-0.15, -0.1) is 0 Å². The first-order chi connectivity index (χ1) is 9.46. The first kappa shape index (κ1) is 15.0. The molecule has 1 aliphatic rings. The average Bonchev–Trinajstić information content (AvgIpc) is 2.38. The fourth-order valence-electron chi connectivity index (χ4n) is 2.88. The maximum absolute atomic E-state index is 12.1. The van der Waals surface area contributed by atoms with E-state index in [-0.39, 0.29) is 5.97 Å². The molecule has 0 saturated carbocycles. The van der Waals surface area contributed by atoms with Crippen LogP contribution < -0.4 is 0 Å². The highest BCUT2D eigenvalue weighted by molar-refractivity contribution is 5.91. The molecule has 1 aliphatic carbocycles. The largest absolute Gasteiger partial charge is 0.462 e. The van der Waals surface area contributed by atoms with Crippen LogP contribution in [0.1, 0.15) is 67.8 Å². The van der Waals surface area contributed by atoms with Crippen LogP contribution in [-0.4, -0.2) is 17.6 Å². The maximum atomic E-state index is 12.1. The number of pyridine rings is 1. The number of aromatic nitrogens is 1. The van der Waals surface area contributed by atoms with E-state index in [2.05, 4.69) is 20.8 Å². The molecule has 0 aromatic carbocycles. The minimum atomic E-state index is -0.227. The van der Waals surface area contributed by atoms with Crippen molar-refractivity contribution in [3.8, 4) is 0 Å². The lowest BCUT2D eigenvalue weighted by molar-refractivity contribution is 0.0524. The van der Waals surface area contributed by atoms with Crippen LogP contribution in [0.2, 0.25) is 0 Å². The lowest BCUT2D eigenvalue weighted by Crippen LogP contribution is -2.24. The van der Waals surface area contributed by atoms with Crippen molar-refractivity contribution in [1.82, 2.24) is 4.98 Å². The number of nitrogens with zero attached hydrogens (tertiary/aromatic N) is 1. The smallest absolute Gasteiger partial charge is 0.339 e. The van der Waals surface area contributed by atoms with Gasteiger partial charge in [-0.1, -0.05) is 27.2 Å². The Morgan fingerprint density at radius 3 is 2.80 bits per heavy atom. The zero-order valence-electron chi connectivity index (χ0n) is 13.1. The van der Waals surface area contributed by atoms with Gasteiger partial charge in [-0.25, -0.2) is 4.79 Å². The van der Waals surface area contributed by atoms with Gasteiger partial charge in [-0.05, 0) is 49.7 Å². The Bertz CT molecular complexity index is 506. The van der Waals surface area contributed by atoms with E-state index in [1.807, 2.05) is 13.0 Å². The van der Waals surface area contributed by atoms with Gasteiger partial charge in [0.15, 0.2) is 0 Å². The van der Waals surface area contributed by atoms with Gasteiger partial charge in [-0.2, -0.15) is 0 Å². The summed E-state index contributed by atoms with van der Waals surface area (Å²) < 4.78 is 5.18. The molecule has 0 amide bonds. The number of carbonyl (C=O) groups is 1. The average molecular weight is 275 g/mol. The molecule has 110 valence electrons. The SMILES string of the molecule is CCCc1nc2c(cc1C(=O)OCC)CC(C)(C)CC2. The second-order valence-electron chi connectivity index (χ2n) is 6.40. The zero-order valence-corrected chi connectivity index (χ0v) is 13.1. The number of hydrogen-bond acceptors (Lipinski definition) is 3. The Labute approximate surface area is 121 Å². The van der Waals surface area contributed by atoms with Crippen LogP contribution in [0.25, 0.3) is 0 Å². The van der Waals surface area contributed by atoms with E-state index in [1.165, 1.54) is 11.3 Å². The van der Waals surface area contributed by atoms with Crippen LogP contribution >= 0.6 is 0 Å². The van der Waals surface area contributed by atoms with Crippen molar-refractivity contribution in [2.45, 2.75) is 59.8 Å². The minimum absolute atomic E-state index is 0.227. The quantitative estimate of drug-likeness (QED) is 0.786. The van der Waals surface area contributed by atoms with Crippen molar-refractivity contribution >= 4 is 5.97 Å². The third kappa shape index (κ3) is 3.20. The van der Waals surface area contributed by atoms with Crippen molar-refractivity contribution in [2.24, 2.45) is 5.41 Å². The predicted molar refractivity (Wildman–Crippen MR) is 80.0 cm³/mol. The Morgan fingerprint density at radius 1 is 1.40 bits per heavy atom. The molecule has 0 radical (unpaired) electrons. The van der Waals surface area contributed by atoms with Gasteiger partial charge in [0.05, 0.1) is 17.9 Å². The summed E-state index contributed by atoms with van der Waals surface area (Å²) in [5.41, 5.74) is 4.28. The van der Waals surface area contributed by atoms with Crippen molar-refractivity contribution < 1.29 is 9.53 Å². The van der Waals surface area contributed by atoms with Gasteiger partial charge >= 0.3 is 5.97 Å². The number of hydrogen-bond donors (Lipinski definition) is 0. The number of rotatable bonds is 4.